The number of nitrogens with zero attached hydrogens (tertiary/aromatic N) is 3. The fourth-order valence-electron chi connectivity index (χ4n) is 3.99. The molecular weight excluding hydrogens is 398 g/mol. The summed E-state index contributed by atoms with van der Waals surface area (Å²) in [7, 11) is 0. The second-order valence-corrected chi connectivity index (χ2v) is 8.36. The van der Waals surface area contributed by atoms with Crippen LogP contribution in [-0.2, 0) is 0 Å². The van der Waals surface area contributed by atoms with Crippen LogP contribution >= 0.6 is 11.3 Å². The average Bonchev–Trinajstić information content (AvgIpc) is 3.44. The van der Waals surface area contributed by atoms with Crippen LogP contribution in [0.3, 0.4) is 0 Å². The number of hydrogen-bond donors (Lipinski definition) is 2. The van der Waals surface area contributed by atoms with Crippen LogP contribution in [0.5, 0.6) is 0 Å². The van der Waals surface area contributed by atoms with E-state index in [0.717, 1.165) is 59.3 Å². The van der Waals surface area contributed by atoms with Crippen molar-refractivity contribution >= 4 is 33.3 Å². The molecule has 3 heterocycles. The fourth-order valence-corrected chi connectivity index (χ4v) is 4.43. The van der Waals surface area contributed by atoms with Crippen LogP contribution in [0.15, 0.2) is 46.4 Å². The molecule has 1 fully saturated rings. The molecule has 0 radical (unpaired) electrons. The van der Waals surface area contributed by atoms with Gasteiger partial charge >= 0.3 is 0 Å². The van der Waals surface area contributed by atoms with Crippen molar-refractivity contribution < 1.29 is 9.32 Å². The minimum atomic E-state index is -0.207. The van der Waals surface area contributed by atoms with Crippen LogP contribution in [0, 0.1) is 6.92 Å². The zero-order valence-corrected chi connectivity index (χ0v) is 17.3. The Bertz CT molecular complexity index is 1200. The minimum absolute atomic E-state index is 0.207. The van der Waals surface area contributed by atoms with Crippen molar-refractivity contribution in [2.75, 3.05) is 18.4 Å². The number of piperidine rings is 1. The molecule has 2 aromatic heterocycles. The Kier molecular flexibility index (Phi) is 5.02. The van der Waals surface area contributed by atoms with E-state index < -0.39 is 0 Å². The van der Waals surface area contributed by atoms with Gasteiger partial charge in [0.25, 0.3) is 5.91 Å². The molecule has 5 rings (SSSR count). The number of anilines is 1. The lowest BCUT2D eigenvalue weighted by molar-refractivity contribution is 0.102. The lowest BCUT2D eigenvalue weighted by atomic mass is 9.91. The molecule has 4 aromatic rings. The Morgan fingerprint density at radius 3 is 2.87 bits per heavy atom. The predicted molar refractivity (Wildman–Crippen MR) is 117 cm³/mol. The highest BCUT2D eigenvalue weighted by Gasteiger charge is 2.22. The number of nitrogens with one attached hydrogen (secondary N) is 2. The Morgan fingerprint density at radius 1 is 1.20 bits per heavy atom. The highest BCUT2D eigenvalue weighted by Crippen LogP contribution is 2.34. The third-order valence-corrected chi connectivity index (χ3v) is 6.22. The number of carbonyl (C=O) groups excluding carboxylic acids is 1. The molecule has 1 amide bonds. The molecule has 1 aliphatic heterocycles. The average molecular weight is 420 g/mol. The van der Waals surface area contributed by atoms with E-state index in [1.165, 1.54) is 11.3 Å². The first-order valence-electron chi connectivity index (χ1n) is 9.97. The predicted octanol–water partition coefficient (Wildman–Crippen LogP) is 4.37. The molecule has 0 spiro atoms. The van der Waals surface area contributed by atoms with Crippen molar-refractivity contribution in [1.82, 2.24) is 20.7 Å². The van der Waals surface area contributed by atoms with Gasteiger partial charge in [0.1, 0.15) is 5.51 Å². The van der Waals surface area contributed by atoms with Gasteiger partial charge in [-0.3, -0.25) is 10.1 Å². The second-order valence-electron chi connectivity index (χ2n) is 7.53. The number of aryl methyl sites for hydroxylation is 1. The van der Waals surface area contributed by atoms with Crippen molar-refractivity contribution in [2.45, 2.75) is 25.7 Å². The number of carbonyl (C=O) groups is 1. The van der Waals surface area contributed by atoms with Crippen molar-refractivity contribution in [3.8, 4) is 11.1 Å². The van der Waals surface area contributed by atoms with E-state index >= 15 is 0 Å². The van der Waals surface area contributed by atoms with Gasteiger partial charge in [0, 0.05) is 16.9 Å². The quantitative estimate of drug-likeness (QED) is 0.510. The SMILES string of the molecule is Cc1ccc(C(=O)Nc2nncs2)cc1-c1ccc2c(C3CCNCC3)noc2c1. The van der Waals surface area contributed by atoms with Gasteiger partial charge in [-0.05, 0) is 73.8 Å². The zero-order chi connectivity index (χ0) is 20.5. The van der Waals surface area contributed by atoms with Crippen LogP contribution in [0.4, 0.5) is 5.13 Å². The summed E-state index contributed by atoms with van der Waals surface area (Å²) < 4.78 is 5.69. The molecule has 2 aromatic carbocycles. The molecule has 1 aliphatic rings. The Labute approximate surface area is 177 Å². The second kappa shape index (κ2) is 7.97. The normalized spacial score (nSPS) is 14.8. The van der Waals surface area contributed by atoms with Gasteiger partial charge in [0.2, 0.25) is 5.13 Å². The first-order valence-corrected chi connectivity index (χ1v) is 10.9. The van der Waals surface area contributed by atoms with E-state index in [-0.39, 0.29) is 5.91 Å². The summed E-state index contributed by atoms with van der Waals surface area (Å²) in [5, 5.41) is 19.7. The Balaban J connectivity index is 1.46. The zero-order valence-electron chi connectivity index (χ0n) is 16.5. The number of rotatable bonds is 4. The van der Waals surface area contributed by atoms with Crippen molar-refractivity contribution in [3.05, 3.63) is 58.7 Å². The van der Waals surface area contributed by atoms with E-state index in [4.69, 9.17) is 4.52 Å². The molecule has 0 bridgehead atoms. The summed E-state index contributed by atoms with van der Waals surface area (Å²) in [6, 6.07) is 11.9. The maximum Gasteiger partial charge on any atom is 0.257 e. The first-order chi connectivity index (χ1) is 14.7. The summed E-state index contributed by atoms with van der Waals surface area (Å²) >= 11 is 1.29. The molecule has 152 valence electrons. The Hall–Kier alpha value is -3.10. The van der Waals surface area contributed by atoms with Crippen LogP contribution in [0.2, 0.25) is 0 Å². The minimum Gasteiger partial charge on any atom is -0.356 e. The number of benzene rings is 2. The largest absolute Gasteiger partial charge is 0.356 e. The van der Waals surface area contributed by atoms with E-state index in [1.54, 1.807) is 5.51 Å². The van der Waals surface area contributed by atoms with Crippen LogP contribution in [-0.4, -0.2) is 34.4 Å². The maximum absolute atomic E-state index is 12.6. The van der Waals surface area contributed by atoms with Crippen molar-refractivity contribution in [2.24, 2.45) is 0 Å². The summed E-state index contributed by atoms with van der Waals surface area (Å²) in [6.45, 7) is 4.07. The van der Waals surface area contributed by atoms with E-state index in [9.17, 15) is 4.79 Å². The van der Waals surface area contributed by atoms with Gasteiger partial charge in [-0.2, -0.15) is 0 Å². The lowest BCUT2D eigenvalue weighted by Gasteiger charge is -2.20. The van der Waals surface area contributed by atoms with E-state index in [0.29, 0.717) is 16.6 Å². The molecule has 30 heavy (non-hydrogen) atoms. The topological polar surface area (TPSA) is 92.9 Å². The van der Waals surface area contributed by atoms with Crippen LogP contribution in [0.25, 0.3) is 22.1 Å². The van der Waals surface area contributed by atoms with Gasteiger partial charge in [0.15, 0.2) is 5.58 Å². The molecular formula is C22H21N5O2S. The maximum atomic E-state index is 12.6. The Morgan fingerprint density at radius 2 is 2.07 bits per heavy atom. The highest BCUT2D eigenvalue weighted by atomic mass is 32.1. The number of fused-ring (bicyclic) bond motifs is 1. The lowest BCUT2D eigenvalue weighted by Crippen LogP contribution is -2.26. The fraction of sp³-hybridized carbons (Fsp3) is 0.273. The molecule has 2 N–H and O–H groups in total. The molecule has 0 saturated carbocycles. The van der Waals surface area contributed by atoms with Gasteiger partial charge < -0.3 is 9.84 Å². The highest BCUT2D eigenvalue weighted by molar-refractivity contribution is 7.13. The molecule has 0 atom stereocenters. The molecule has 1 saturated heterocycles. The number of amides is 1. The molecule has 7 nitrogen and oxygen atoms in total. The summed E-state index contributed by atoms with van der Waals surface area (Å²) in [6.07, 6.45) is 2.16. The summed E-state index contributed by atoms with van der Waals surface area (Å²) in [5.41, 5.74) is 7.06. The van der Waals surface area contributed by atoms with Gasteiger partial charge in [-0.15, -0.1) is 10.2 Å². The van der Waals surface area contributed by atoms with Gasteiger partial charge in [0.05, 0.1) is 5.69 Å². The smallest absolute Gasteiger partial charge is 0.257 e. The van der Waals surface area contributed by atoms with Gasteiger partial charge in [-0.25, -0.2) is 0 Å². The monoisotopic (exact) mass is 419 g/mol. The van der Waals surface area contributed by atoms with Crippen LogP contribution in [0.1, 0.15) is 40.4 Å². The first kappa shape index (κ1) is 18.9. The van der Waals surface area contributed by atoms with Crippen LogP contribution < -0.4 is 10.6 Å². The van der Waals surface area contributed by atoms with E-state index in [2.05, 4.69) is 38.1 Å². The third-order valence-electron chi connectivity index (χ3n) is 5.62. The van der Waals surface area contributed by atoms with E-state index in [1.807, 2.05) is 31.2 Å². The standard InChI is InChI=1S/C22H21N5O2S/c1-13-2-3-16(21(28)25-22-26-24-12-30-22)10-18(13)15-4-5-17-19(11-15)29-27-20(17)14-6-8-23-9-7-14/h2-5,10-12,14,23H,6-9H2,1H3,(H,25,26,28). The van der Waals surface area contributed by atoms with Crippen molar-refractivity contribution in [1.29, 1.82) is 0 Å². The van der Waals surface area contributed by atoms with Crippen molar-refractivity contribution in [3.63, 3.8) is 0 Å². The number of hydrogen-bond acceptors (Lipinski definition) is 7. The molecule has 0 unspecified atom stereocenters. The number of aromatic nitrogens is 3. The summed E-state index contributed by atoms with van der Waals surface area (Å²) in [4.78, 5) is 12.6. The van der Waals surface area contributed by atoms with Gasteiger partial charge in [-0.1, -0.05) is 28.6 Å². The molecule has 0 aliphatic carbocycles. The summed E-state index contributed by atoms with van der Waals surface area (Å²) in [5.74, 6) is 0.231. The molecule has 8 heteroatoms. The third kappa shape index (κ3) is 3.59.